The van der Waals surface area contributed by atoms with Crippen molar-refractivity contribution in [2.75, 3.05) is 24.6 Å². The summed E-state index contributed by atoms with van der Waals surface area (Å²) < 4.78 is 0. The molecule has 0 nitrogen and oxygen atoms in total. The third kappa shape index (κ3) is 3.76. The molecule has 0 aliphatic heterocycles. The van der Waals surface area contributed by atoms with Crippen LogP contribution in [0.2, 0.25) is 0 Å². The van der Waals surface area contributed by atoms with E-state index in [1.165, 1.54) is 43.9 Å². The van der Waals surface area contributed by atoms with Crippen LogP contribution < -0.4 is 0 Å². The Bertz CT molecular complexity index is 130. The van der Waals surface area contributed by atoms with E-state index in [0.29, 0.717) is 0 Å². The van der Waals surface area contributed by atoms with Crippen LogP contribution in [-0.4, -0.2) is 24.6 Å². The summed E-state index contributed by atoms with van der Waals surface area (Å²) in [6.07, 6.45) is 8.99. The molecule has 0 unspecified atom stereocenters. The van der Waals surface area contributed by atoms with Gasteiger partial charge in [0.2, 0.25) is 0 Å². The molecule has 0 fully saturated rings. The molecule has 0 radical (unpaired) electrons. The summed E-state index contributed by atoms with van der Waals surface area (Å²) >= 11 is 6.92. The van der Waals surface area contributed by atoms with Crippen LogP contribution >= 0.6 is 17.2 Å². The van der Waals surface area contributed by atoms with Gasteiger partial charge in [0.1, 0.15) is 0 Å². The van der Waals surface area contributed by atoms with Gasteiger partial charge in [-0.05, 0) is 0 Å². The van der Waals surface area contributed by atoms with Gasteiger partial charge in [-0.15, -0.1) is 0 Å². The zero-order valence-electron chi connectivity index (χ0n) is 9.77. The van der Waals surface area contributed by atoms with E-state index in [-0.39, 0.29) is 0 Å². The number of rotatable bonds is 7. The molecular weight excluding hydrogens is 199 g/mol. The van der Waals surface area contributed by atoms with Gasteiger partial charge in [0.15, 0.2) is 0 Å². The predicted molar refractivity (Wildman–Crippen MR) is 68.8 cm³/mol. The minimum atomic E-state index is -1.75. The summed E-state index contributed by atoms with van der Waals surface area (Å²) in [6.45, 7) is 9.10. The van der Waals surface area contributed by atoms with Gasteiger partial charge in [-0.25, -0.2) is 0 Å². The third-order valence-corrected chi connectivity index (χ3v) is 12.5. The summed E-state index contributed by atoms with van der Waals surface area (Å²) in [4.78, 5) is 0. The van der Waals surface area contributed by atoms with Crippen molar-refractivity contribution in [3.8, 4) is 0 Å². The SMILES string of the molecule is CCCCCP(Cl)(CC)(CC)CC. The van der Waals surface area contributed by atoms with Gasteiger partial charge in [0.25, 0.3) is 0 Å². The van der Waals surface area contributed by atoms with Crippen LogP contribution in [0.1, 0.15) is 47.0 Å². The number of unbranched alkanes of at least 4 members (excludes halogenated alkanes) is 2. The molecule has 82 valence electrons. The van der Waals surface area contributed by atoms with Crippen LogP contribution in [0, 0.1) is 0 Å². The van der Waals surface area contributed by atoms with Gasteiger partial charge in [0, 0.05) is 0 Å². The fraction of sp³-hybridized carbons (Fsp3) is 1.00. The topological polar surface area (TPSA) is 0 Å². The number of hydrogen-bond donors (Lipinski definition) is 0. The average Bonchev–Trinajstić information content (AvgIpc) is 2.19. The maximum atomic E-state index is 6.92. The molecule has 0 bridgehead atoms. The molecule has 0 aromatic rings. The van der Waals surface area contributed by atoms with Crippen molar-refractivity contribution in [2.24, 2.45) is 0 Å². The second-order valence-corrected chi connectivity index (χ2v) is 13.1. The first-order valence-electron chi connectivity index (χ1n) is 5.76. The fourth-order valence-electron chi connectivity index (χ4n) is 1.90. The van der Waals surface area contributed by atoms with Crippen molar-refractivity contribution in [3.05, 3.63) is 0 Å². The summed E-state index contributed by atoms with van der Waals surface area (Å²) in [6, 6.07) is 0. The normalized spacial score (nSPS) is 15.3. The molecular formula is C11H26ClP. The average molecular weight is 225 g/mol. The molecule has 0 aromatic carbocycles. The van der Waals surface area contributed by atoms with E-state index in [1.54, 1.807) is 0 Å². The first kappa shape index (κ1) is 13.7. The zero-order chi connectivity index (χ0) is 10.4. The Morgan fingerprint density at radius 3 is 1.62 bits per heavy atom. The van der Waals surface area contributed by atoms with Crippen LogP contribution in [-0.2, 0) is 0 Å². The molecule has 2 heteroatoms. The van der Waals surface area contributed by atoms with Crippen LogP contribution in [0.5, 0.6) is 0 Å². The first-order valence-corrected chi connectivity index (χ1v) is 9.64. The molecule has 13 heavy (non-hydrogen) atoms. The van der Waals surface area contributed by atoms with Crippen LogP contribution in [0.4, 0.5) is 0 Å². The summed E-state index contributed by atoms with van der Waals surface area (Å²) in [5.74, 6) is -1.75. The van der Waals surface area contributed by atoms with Crippen molar-refractivity contribution in [2.45, 2.75) is 47.0 Å². The van der Waals surface area contributed by atoms with E-state index in [4.69, 9.17) is 11.2 Å². The van der Waals surface area contributed by atoms with E-state index in [1.807, 2.05) is 0 Å². The molecule has 0 amide bonds. The Kier molecular flexibility index (Phi) is 5.87. The second-order valence-electron chi connectivity index (χ2n) is 4.20. The Morgan fingerprint density at radius 1 is 0.846 bits per heavy atom. The zero-order valence-corrected chi connectivity index (χ0v) is 11.4. The van der Waals surface area contributed by atoms with Crippen LogP contribution in [0.15, 0.2) is 0 Å². The van der Waals surface area contributed by atoms with Crippen molar-refractivity contribution in [1.82, 2.24) is 0 Å². The Balaban J connectivity index is 4.23. The van der Waals surface area contributed by atoms with Crippen molar-refractivity contribution in [3.63, 3.8) is 0 Å². The minimum absolute atomic E-state index is 1.23. The molecule has 0 atom stereocenters. The van der Waals surface area contributed by atoms with Crippen LogP contribution in [0.3, 0.4) is 0 Å². The van der Waals surface area contributed by atoms with E-state index in [2.05, 4.69) is 27.7 Å². The van der Waals surface area contributed by atoms with E-state index >= 15 is 0 Å². The molecule has 0 aliphatic carbocycles. The van der Waals surface area contributed by atoms with Gasteiger partial charge >= 0.3 is 88.8 Å². The molecule has 0 saturated heterocycles. The number of hydrogen-bond acceptors (Lipinski definition) is 0. The second kappa shape index (κ2) is 5.56. The third-order valence-electron chi connectivity index (χ3n) is 3.69. The van der Waals surface area contributed by atoms with E-state index in [0.717, 1.165) is 0 Å². The number of halogens is 1. The summed E-state index contributed by atoms with van der Waals surface area (Å²) in [5, 5.41) is 0. The van der Waals surface area contributed by atoms with Gasteiger partial charge in [-0.2, -0.15) is 0 Å². The van der Waals surface area contributed by atoms with Crippen molar-refractivity contribution in [1.29, 1.82) is 0 Å². The van der Waals surface area contributed by atoms with Crippen LogP contribution in [0.25, 0.3) is 0 Å². The molecule has 0 N–H and O–H groups in total. The fourth-order valence-corrected chi connectivity index (χ4v) is 5.56. The van der Waals surface area contributed by atoms with Crippen molar-refractivity contribution < 1.29 is 0 Å². The Hall–Kier alpha value is 0.720. The molecule has 0 rings (SSSR count). The maximum absolute atomic E-state index is 6.92. The van der Waals surface area contributed by atoms with Gasteiger partial charge in [-0.3, -0.25) is 0 Å². The molecule has 0 aliphatic rings. The van der Waals surface area contributed by atoms with Crippen molar-refractivity contribution >= 4 is 17.2 Å². The summed E-state index contributed by atoms with van der Waals surface area (Å²) in [5.41, 5.74) is 0. The Morgan fingerprint density at radius 2 is 1.31 bits per heavy atom. The van der Waals surface area contributed by atoms with Gasteiger partial charge in [0.05, 0.1) is 0 Å². The molecule has 0 saturated carbocycles. The molecule has 0 aromatic heterocycles. The first-order chi connectivity index (χ1) is 6.04. The molecule has 0 heterocycles. The predicted octanol–water partition coefficient (Wildman–Crippen LogP) is 4.94. The quantitative estimate of drug-likeness (QED) is 0.424. The van der Waals surface area contributed by atoms with E-state index in [9.17, 15) is 0 Å². The molecule has 0 spiro atoms. The Labute approximate surface area is 89.2 Å². The monoisotopic (exact) mass is 224 g/mol. The summed E-state index contributed by atoms with van der Waals surface area (Å²) in [7, 11) is 0. The standard InChI is InChI=1S/C11H26ClP/c1-5-9-10-11-13(12,6-2,7-3)8-4/h5-11H2,1-4H3. The van der Waals surface area contributed by atoms with E-state index < -0.39 is 5.96 Å². The van der Waals surface area contributed by atoms with Gasteiger partial charge in [-0.1, -0.05) is 0 Å². The van der Waals surface area contributed by atoms with Gasteiger partial charge < -0.3 is 0 Å².